The van der Waals surface area contributed by atoms with E-state index >= 15 is 0 Å². The summed E-state index contributed by atoms with van der Waals surface area (Å²) >= 11 is 0. The van der Waals surface area contributed by atoms with Crippen LogP contribution in [0.1, 0.15) is 50.0 Å². The minimum atomic E-state index is -0.515. The predicted molar refractivity (Wildman–Crippen MR) is 83.9 cm³/mol. The molecule has 1 amide bonds. The molecule has 0 aliphatic carbocycles. The van der Waals surface area contributed by atoms with E-state index in [4.69, 9.17) is 4.74 Å². The Balaban J connectivity index is 2.73. The van der Waals surface area contributed by atoms with Crippen molar-refractivity contribution in [2.75, 3.05) is 6.54 Å². The number of hydrogen-bond acceptors (Lipinski definition) is 3. The van der Waals surface area contributed by atoms with Gasteiger partial charge in [-0.3, -0.25) is 4.79 Å². The molecule has 114 valence electrons. The fraction of sp³-hybridized carbons (Fsp3) is 0.412. The largest absolute Gasteiger partial charge is 0.456 e. The molecule has 0 heterocycles. The number of esters is 1. The summed E-state index contributed by atoms with van der Waals surface area (Å²) in [5, 5.41) is 2.72. The van der Waals surface area contributed by atoms with Crippen LogP contribution in [0, 0.1) is 0 Å². The van der Waals surface area contributed by atoms with Gasteiger partial charge in [0, 0.05) is 13.5 Å². The van der Waals surface area contributed by atoms with E-state index in [9.17, 15) is 9.59 Å². The lowest BCUT2D eigenvalue weighted by Gasteiger charge is -2.20. The third-order valence-electron chi connectivity index (χ3n) is 2.56. The van der Waals surface area contributed by atoms with Crippen LogP contribution in [0.25, 0.3) is 6.08 Å². The van der Waals surface area contributed by atoms with Crippen molar-refractivity contribution in [3.8, 4) is 0 Å². The van der Waals surface area contributed by atoms with Gasteiger partial charge in [-0.1, -0.05) is 30.4 Å². The van der Waals surface area contributed by atoms with Crippen molar-refractivity contribution in [3.05, 3.63) is 41.5 Å². The third kappa shape index (κ3) is 6.75. The maximum Gasteiger partial charge on any atom is 0.339 e. The summed E-state index contributed by atoms with van der Waals surface area (Å²) < 4.78 is 5.39. The first kappa shape index (κ1) is 17.0. The molecule has 21 heavy (non-hydrogen) atoms. The Labute approximate surface area is 126 Å². The van der Waals surface area contributed by atoms with E-state index in [0.29, 0.717) is 18.5 Å². The van der Waals surface area contributed by atoms with Crippen molar-refractivity contribution in [1.82, 2.24) is 5.32 Å². The van der Waals surface area contributed by atoms with Gasteiger partial charge in [0.2, 0.25) is 5.91 Å². The van der Waals surface area contributed by atoms with Gasteiger partial charge in [0.1, 0.15) is 5.60 Å². The molecule has 4 nitrogen and oxygen atoms in total. The van der Waals surface area contributed by atoms with Crippen LogP contribution in [0.4, 0.5) is 0 Å². The number of carbonyl (C=O) groups excluding carboxylic acids is 2. The van der Waals surface area contributed by atoms with Gasteiger partial charge >= 0.3 is 5.97 Å². The second-order valence-corrected chi connectivity index (χ2v) is 5.76. The molecule has 0 radical (unpaired) electrons. The first-order chi connectivity index (χ1) is 9.79. The van der Waals surface area contributed by atoms with Crippen molar-refractivity contribution in [2.45, 2.75) is 39.7 Å². The zero-order valence-electron chi connectivity index (χ0n) is 13.1. The molecular formula is C17H23NO3. The average Bonchev–Trinajstić information content (AvgIpc) is 2.36. The van der Waals surface area contributed by atoms with Gasteiger partial charge in [0.25, 0.3) is 0 Å². The summed E-state index contributed by atoms with van der Waals surface area (Å²) in [5.74, 6) is -0.373. The normalized spacial score (nSPS) is 11.4. The summed E-state index contributed by atoms with van der Waals surface area (Å²) in [4.78, 5) is 22.9. The number of nitrogens with one attached hydrogen (secondary N) is 1. The first-order valence-corrected chi connectivity index (χ1v) is 7.03. The zero-order valence-corrected chi connectivity index (χ0v) is 13.1. The molecule has 4 heteroatoms. The van der Waals surface area contributed by atoms with Crippen LogP contribution in [0.15, 0.2) is 30.3 Å². The van der Waals surface area contributed by atoms with Crippen molar-refractivity contribution in [3.63, 3.8) is 0 Å². The Morgan fingerprint density at radius 3 is 2.52 bits per heavy atom. The minimum Gasteiger partial charge on any atom is -0.456 e. The summed E-state index contributed by atoms with van der Waals surface area (Å²) in [6, 6.07) is 7.31. The van der Waals surface area contributed by atoms with E-state index < -0.39 is 5.60 Å². The Kier molecular flexibility index (Phi) is 6.15. The number of benzene rings is 1. The fourth-order valence-corrected chi connectivity index (χ4v) is 1.70. The molecule has 0 atom stereocenters. The quantitative estimate of drug-likeness (QED) is 0.669. The van der Waals surface area contributed by atoms with Crippen molar-refractivity contribution >= 4 is 18.0 Å². The van der Waals surface area contributed by atoms with Crippen molar-refractivity contribution in [2.24, 2.45) is 0 Å². The Morgan fingerprint density at radius 2 is 1.90 bits per heavy atom. The van der Waals surface area contributed by atoms with Gasteiger partial charge in [0.05, 0.1) is 5.56 Å². The summed E-state index contributed by atoms with van der Waals surface area (Å²) in [6.45, 7) is 7.60. The highest BCUT2D eigenvalue weighted by Gasteiger charge is 2.19. The van der Waals surface area contributed by atoms with Gasteiger partial charge in [-0.2, -0.15) is 0 Å². The monoisotopic (exact) mass is 289 g/mol. The average molecular weight is 289 g/mol. The Hall–Kier alpha value is -2.10. The molecule has 0 saturated heterocycles. The van der Waals surface area contributed by atoms with Gasteiger partial charge in [-0.15, -0.1) is 0 Å². The molecule has 0 bridgehead atoms. The van der Waals surface area contributed by atoms with Crippen LogP contribution >= 0.6 is 0 Å². The van der Waals surface area contributed by atoms with Gasteiger partial charge in [-0.05, 0) is 38.8 Å². The standard InChI is InChI=1S/C17H23NO3/c1-13(19)18-12-8-7-10-14-9-5-6-11-15(14)16(20)21-17(2,3)4/h5-7,9-11H,8,12H2,1-4H3,(H,18,19). The van der Waals surface area contributed by atoms with E-state index in [2.05, 4.69) is 5.32 Å². The number of carbonyl (C=O) groups is 2. The molecule has 0 unspecified atom stereocenters. The molecule has 0 aromatic heterocycles. The zero-order chi connectivity index (χ0) is 15.9. The second-order valence-electron chi connectivity index (χ2n) is 5.76. The Morgan fingerprint density at radius 1 is 1.24 bits per heavy atom. The lowest BCUT2D eigenvalue weighted by Crippen LogP contribution is -2.24. The lowest BCUT2D eigenvalue weighted by atomic mass is 10.1. The molecule has 0 spiro atoms. The molecular weight excluding hydrogens is 266 g/mol. The summed E-state index contributed by atoms with van der Waals surface area (Å²) in [7, 11) is 0. The summed E-state index contributed by atoms with van der Waals surface area (Å²) in [6.07, 6.45) is 4.52. The maximum absolute atomic E-state index is 12.1. The lowest BCUT2D eigenvalue weighted by molar-refractivity contribution is -0.118. The molecule has 0 aliphatic heterocycles. The Bertz CT molecular complexity index is 527. The second kappa shape index (κ2) is 7.62. The highest BCUT2D eigenvalue weighted by atomic mass is 16.6. The smallest absolute Gasteiger partial charge is 0.339 e. The minimum absolute atomic E-state index is 0.0439. The highest BCUT2D eigenvalue weighted by molar-refractivity contribution is 5.93. The van der Waals surface area contributed by atoms with E-state index in [1.54, 1.807) is 6.07 Å². The number of rotatable bonds is 5. The van der Waals surface area contributed by atoms with E-state index in [-0.39, 0.29) is 11.9 Å². The number of amides is 1. The van der Waals surface area contributed by atoms with Crippen molar-refractivity contribution in [1.29, 1.82) is 0 Å². The van der Waals surface area contributed by atoms with Gasteiger partial charge in [-0.25, -0.2) is 4.79 Å². The fourth-order valence-electron chi connectivity index (χ4n) is 1.70. The van der Waals surface area contributed by atoms with Crippen LogP contribution in [-0.4, -0.2) is 24.0 Å². The molecule has 1 N–H and O–H groups in total. The predicted octanol–water partition coefficient (Wildman–Crippen LogP) is 3.18. The summed E-state index contributed by atoms with van der Waals surface area (Å²) in [5.41, 5.74) is 0.844. The van der Waals surface area contributed by atoms with Crippen LogP contribution in [0.3, 0.4) is 0 Å². The molecule has 0 saturated carbocycles. The van der Waals surface area contributed by atoms with E-state index in [0.717, 1.165) is 5.56 Å². The number of hydrogen-bond donors (Lipinski definition) is 1. The SMILES string of the molecule is CC(=O)NCCC=Cc1ccccc1C(=O)OC(C)(C)C. The topological polar surface area (TPSA) is 55.4 Å². The molecule has 0 aliphatic rings. The maximum atomic E-state index is 12.1. The molecule has 0 fully saturated rings. The van der Waals surface area contributed by atoms with Crippen LogP contribution < -0.4 is 5.32 Å². The van der Waals surface area contributed by atoms with Crippen molar-refractivity contribution < 1.29 is 14.3 Å². The van der Waals surface area contributed by atoms with Crippen LogP contribution in [0.5, 0.6) is 0 Å². The molecule has 1 aromatic rings. The van der Waals surface area contributed by atoms with Gasteiger partial charge < -0.3 is 10.1 Å². The van der Waals surface area contributed by atoms with Crippen LogP contribution in [0.2, 0.25) is 0 Å². The van der Waals surface area contributed by atoms with E-state index in [1.807, 2.05) is 51.1 Å². The third-order valence-corrected chi connectivity index (χ3v) is 2.56. The van der Waals surface area contributed by atoms with E-state index in [1.165, 1.54) is 6.92 Å². The number of ether oxygens (including phenoxy) is 1. The first-order valence-electron chi connectivity index (χ1n) is 7.03. The molecule has 1 aromatic carbocycles. The van der Waals surface area contributed by atoms with Crippen LogP contribution in [-0.2, 0) is 9.53 Å². The highest BCUT2D eigenvalue weighted by Crippen LogP contribution is 2.16. The molecule has 1 rings (SSSR count). The van der Waals surface area contributed by atoms with Gasteiger partial charge in [0.15, 0.2) is 0 Å².